The Labute approximate surface area is 533 Å². The zero-order chi connectivity index (χ0) is 64.9. The summed E-state index contributed by atoms with van der Waals surface area (Å²) in [4.78, 5) is 123. The van der Waals surface area contributed by atoms with Gasteiger partial charge in [-0.1, -0.05) is 114 Å². The number of amides is 8. The van der Waals surface area contributed by atoms with Gasteiger partial charge in [0.25, 0.3) is 5.91 Å². The molecule has 1 aromatic carbocycles. The Morgan fingerprint density at radius 2 is 1.29 bits per heavy atom. The third-order valence-electron chi connectivity index (χ3n) is 13.7. The highest BCUT2D eigenvalue weighted by atomic mass is 32.2. The van der Waals surface area contributed by atoms with Crippen molar-refractivity contribution in [1.82, 2.24) is 68.4 Å². The molecule has 1 aliphatic rings. The quantitative estimate of drug-likeness (QED) is 0.0400. The Hall–Kier alpha value is -6.18. The largest absolute Gasteiger partial charge is 0.382 e. The molecule has 474 valence electrons. The number of rotatable bonds is 23. The maximum absolute atomic E-state index is 14.4. The molecule has 86 heavy (non-hydrogen) atoms. The van der Waals surface area contributed by atoms with Gasteiger partial charge in [0.2, 0.25) is 53.5 Å². The molecule has 8 amide bonds. The van der Waals surface area contributed by atoms with Crippen molar-refractivity contribution < 1.29 is 52.8 Å². The number of carbonyl (C=O) groups is 9. The van der Waals surface area contributed by atoms with Gasteiger partial charge in [-0.25, -0.2) is 9.13 Å². The van der Waals surface area contributed by atoms with E-state index in [0.717, 1.165) is 11.8 Å². The first kappa shape index (κ1) is 74.1. The molecule has 0 aliphatic carbocycles. The summed E-state index contributed by atoms with van der Waals surface area (Å²) in [6.07, 6.45) is 5.36. The van der Waals surface area contributed by atoms with Crippen LogP contribution in [-0.4, -0.2) is 166 Å². The predicted octanol–water partition coefficient (Wildman–Crippen LogP) is 0.138. The second-order valence-corrected chi connectivity index (χ2v) is 25.8. The number of hydrogen-bond donors (Lipinski definition) is 13. The minimum absolute atomic E-state index is 0.0247. The minimum Gasteiger partial charge on any atom is -0.382 e. The summed E-state index contributed by atoms with van der Waals surface area (Å²) in [5.74, 6) is -6.36. The highest BCUT2D eigenvalue weighted by Gasteiger charge is 2.38. The van der Waals surface area contributed by atoms with Crippen LogP contribution < -0.4 is 68.4 Å². The van der Waals surface area contributed by atoms with Gasteiger partial charge in [0.1, 0.15) is 54.6 Å². The van der Waals surface area contributed by atoms with Crippen molar-refractivity contribution in [2.24, 2.45) is 25.9 Å². The van der Waals surface area contributed by atoms with Crippen molar-refractivity contribution in [2.45, 2.75) is 167 Å². The monoisotopic (exact) mass is 1310 g/mol. The van der Waals surface area contributed by atoms with Gasteiger partial charge >= 0.3 is 0 Å². The van der Waals surface area contributed by atoms with Crippen molar-refractivity contribution in [2.75, 3.05) is 12.0 Å². The van der Waals surface area contributed by atoms with Crippen molar-refractivity contribution >= 4 is 145 Å². The summed E-state index contributed by atoms with van der Waals surface area (Å²) < 4.78 is 3.24. The summed E-state index contributed by atoms with van der Waals surface area (Å²) >= 11 is 25.4. The number of aliphatic hydroxyl groups is 1. The highest BCUT2D eigenvalue weighted by Crippen LogP contribution is 2.20. The van der Waals surface area contributed by atoms with E-state index in [4.69, 9.17) is 48.9 Å². The van der Waals surface area contributed by atoms with Gasteiger partial charge in [-0.15, -0.1) is 11.8 Å². The van der Waals surface area contributed by atoms with E-state index in [1.54, 1.807) is 119 Å². The lowest BCUT2D eigenvalue weighted by molar-refractivity contribution is -0.671. The van der Waals surface area contributed by atoms with Crippen molar-refractivity contribution in [3.8, 4) is 0 Å². The molecule has 1 aromatic heterocycles. The van der Waals surface area contributed by atoms with Crippen LogP contribution >= 0.6 is 72.4 Å². The number of benzene rings is 1. The lowest BCUT2D eigenvalue weighted by Gasteiger charge is -2.30. The first-order chi connectivity index (χ1) is 40.3. The average molecular weight is 1310 g/mol. The van der Waals surface area contributed by atoms with Crippen LogP contribution in [0.5, 0.6) is 0 Å². The third kappa shape index (κ3) is 23.2. The fourth-order valence-corrected chi connectivity index (χ4v) is 10.9. The number of thiocarbonyl (C=S) groups is 4. The summed E-state index contributed by atoms with van der Waals surface area (Å²) in [5, 5.41) is 46.4. The van der Waals surface area contributed by atoms with Crippen LogP contribution in [0, 0.1) is 11.8 Å². The van der Waals surface area contributed by atoms with Crippen LogP contribution in [-0.2, 0) is 63.7 Å². The number of nitrogens with one attached hydrogen (secondary N) is 12. The van der Waals surface area contributed by atoms with Crippen LogP contribution in [0.15, 0.2) is 54.5 Å². The Morgan fingerprint density at radius 1 is 0.709 bits per heavy atom. The van der Waals surface area contributed by atoms with E-state index in [9.17, 15) is 48.3 Å². The number of aromatic nitrogens is 2. The van der Waals surface area contributed by atoms with E-state index in [1.807, 2.05) is 20.1 Å². The summed E-state index contributed by atoms with van der Waals surface area (Å²) in [6, 6.07) is -2.30. The number of nitrogens with zero attached hydrogens (tertiary/aromatic N) is 2. The molecule has 2 aromatic rings. The van der Waals surface area contributed by atoms with Crippen LogP contribution in [0.1, 0.15) is 99.9 Å². The topological polar surface area (TPSA) is 327 Å². The number of aryl methyl sites for hydroxylation is 2. The number of ketones is 1. The van der Waals surface area contributed by atoms with Gasteiger partial charge in [0, 0.05) is 24.8 Å². The molecule has 0 saturated heterocycles. The van der Waals surface area contributed by atoms with E-state index < -0.39 is 137 Å². The van der Waals surface area contributed by atoms with Gasteiger partial charge in [-0.2, -0.15) is 11.8 Å². The maximum atomic E-state index is 14.4. The fraction of sp³-hybridized carbons (Fsp3) is 0.571. The number of imidazole rings is 1. The van der Waals surface area contributed by atoms with Crippen LogP contribution in [0.2, 0.25) is 0 Å². The van der Waals surface area contributed by atoms with Gasteiger partial charge in [-0.05, 0) is 75.9 Å². The molecule has 0 fully saturated rings. The van der Waals surface area contributed by atoms with Gasteiger partial charge < -0.3 is 68.9 Å². The molecular formula is C56H85N14O10S6+. The standard InChI is InChI=1S/C56H84N14O10S6/c1-27(2)40-51(79)58-29(5)46(74)63-38(24-36-18-16-15-17-19-36)49(77)68-43(44(72)39-25-69(12)26-70(39)13)50(78)57-21-23-86-35(11)42(52(80)65-40)67-47(75)31(7)60-54(82)33(9)62-53(81)32(8)59-45(73)30(6)61-55(83)37(20-22-85-14)64-56(84)41(28(3)4)66-48(76)34(10)71/h15-19,21,23,25-33,35,37-38,40-44,72H,20,22,24H2,1-14H3,(H11-,57,58,59,60,61,62,63,64,65,66,67,68,73,74,75,76,77,78,79,80,81,82,83,84)/p+1/t29-,30-,31-,32-,33-,35+,37-,38-,40-,41-,42-,43-,44?/m0/s1. The molecule has 1 aliphatic heterocycles. The van der Waals surface area contributed by atoms with E-state index in [0.29, 0.717) is 22.7 Å². The number of thioether (sulfide) groups is 2. The molecule has 0 saturated carbocycles. The third-order valence-corrected chi connectivity index (χ3v) is 17.0. The summed E-state index contributed by atoms with van der Waals surface area (Å²) in [5.41, 5.74) is 0.944. The molecule has 13 atom stereocenters. The molecule has 1 unspecified atom stereocenters. The highest BCUT2D eigenvalue weighted by molar-refractivity contribution is 8.02. The van der Waals surface area contributed by atoms with Crippen LogP contribution in [0.3, 0.4) is 0 Å². The molecule has 0 spiro atoms. The lowest BCUT2D eigenvalue weighted by Crippen LogP contribution is -2.61. The van der Waals surface area contributed by atoms with Crippen LogP contribution in [0.25, 0.3) is 0 Å². The Morgan fingerprint density at radius 3 is 1.86 bits per heavy atom. The molecule has 0 bridgehead atoms. The molecular weight excluding hydrogens is 1220 g/mol. The first-order valence-electron chi connectivity index (χ1n) is 28.0. The number of aliphatic hydroxyl groups excluding tert-OH is 1. The molecule has 13 N–H and O–H groups in total. The van der Waals surface area contributed by atoms with Crippen LogP contribution in [0.4, 0.5) is 0 Å². The minimum atomic E-state index is -1.60. The second kappa shape index (κ2) is 35.6. The molecule has 24 nitrogen and oxygen atoms in total. The number of carbonyl (C=O) groups excluding carboxylic acids is 9. The zero-order valence-corrected chi connectivity index (χ0v) is 55.8. The average Bonchev–Trinajstić information content (AvgIpc) is 3.37. The maximum Gasteiger partial charge on any atom is 0.287 e. The summed E-state index contributed by atoms with van der Waals surface area (Å²) in [7, 11) is 3.38. The Bertz CT molecular complexity index is 2820. The smallest absolute Gasteiger partial charge is 0.287 e. The van der Waals surface area contributed by atoms with Crippen molar-refractivity contribution in [3.05, 3.63) is 65.7 Å². The van der Waals surface area contributed by atoms with E-state index >= 15 is 0 Å². The molecule has 3 rings (SSSR count). The van der Waals surface area contributed by atoms with Gasteiger partial charge in [0.15, 0.2) is 5.69 Å². The lowest BCUT2D eigenvalue weighted by atomic mass is 10.0. The van der Waals surface area contributed by atoms with E-state index in [-0.39, 0.29) is 33.0 Å². The summed E-state index contributed by atoms with van der Waals surface area (Å²) in [6.45, 7) is 17.8. The van der Waals surface area contributed by atoms with Crippen molar-refractivity contribution in [1.29, 1.82) is 0 Å². The van der Waals surface area contributed by atoms with Gasteiger partial charge in [0.05, 0.1) is 58.2 Å². The molecule has 30 heteroatoms. The van der Waals surface area contributed by atoms with E-state index in [2.05, 4.69) is 63.8 Å². The fourth-order valence-electron chi connectivity index (χ4n) is 8.43. The molecule has 0 radical (unpaired) electrons. The second-order valence-electron chi connectivity index (χ2n) is 21.7. The predicted molar refractivity (Wildman–Crippen MR) is 349 cm³/mol. The normalized spacial score (nSPS) is 21.4. The van der Waals surface area contributed by atoms with E-state index in [1.165, 1.54) is 32.4 Å². The number of Topliss-reactive ketones (excluding diaryl/α,β-unsaturated/α-hetero) is 1. The zero-order valence-electron chi connectivity index (χ0n) is 50.9. The Balaban J connectivity index is 1.79. The number of hydrogen-bond acceptors (Lipinski definition) is 16. The SMILES string of the molecule is CSCC[C@H](NC(=S)[C@@H](NC(=O)C(C)=O)C(C)C)C(=S)N[C@@H](C)C(=O)N[C@@H](C)C(=S)N[C@@H](C)C(=S)N[C@@H](C)C(=O)N[C@@H]1C(=O)N[C@@H](C(C)C)C(=O)N[C@@H](C)C(=O)N[C@@H](Cc2ccccc2)C(=O)N[C@@H](C(O)c2c[n+](C)cn2C)C(=O)NC=CS[C@@H]1C. The first-order valence-corrected chi connectivity index (χ1v) is 31.9. The molecule has 2 heterocycles. The van der Waals surface area contributed by atoms with Crippen molar-refractivity contribution in [3.63, 3.8) is 0 Å². The van der Waals surface area contributed by atoms with Gasteiger partial charge in [-0.3, -0.25) is 43.2 Å². The Kier molecular flexibility index (Phi) is 30.6.